The van der Waals surface area contributed by atoms with Crippen LogP contribution >= 0.6 is 11.3 Å². The van der Waals surface area contributed by atoms with E-state index in [0.717, 1.165) is 18.4 Å². The molecule has 0 aliphatic rings. The van der Waals surface area contributed by atoms with Gasteiger partial charge >= 0.3 is 38.4 Å². The molecule has 6 aromatic rings. The lowest BCUT2D eigenvalue weighted by molar-refractivity contribution is 0.0602. The van der Waals surface area contributed by atoms with Crippen LogP contribution < -0.4 is 23.7 Å². The average molecular weight is 789 g/mol. The largest absolute Gasteiger partial charge is 0.497 e. The van der Waals surface area contributed by atoms with Crippen molar-refractivity contribution in [1.29, 1.82) is 0 Å². The summed E-state index contributed by atoms with van der Waals surface area (Å²) in [4.78, 5) is 47.6. The molecule has 6 rings (SSSR count). The zero-order valence-electron chi connectivity index (χ0n) is 27.9. The van der Waals surface area contributed by atoms with E-state index in [9.17, 15) is 31.2 Å². The summed E-state index contributed by atoms with van der Waals surface area (Å²) < 4.78 is 78.7. The Balaban J connectivity index is 0.000000204. The SMILES string of the molecule is COC(=O)Nc1nc2ccc(OS(=O)(=O)c3cccc(OC)c3)cc2[nH]1.COC(=O)Nc1nc2ccc(OS(=O)(=O)c3ccsc3C(=O)OC)cc2[nH]1. The number of esters is 1. The number of rotatable bonds is 10. The van der Waals surface area contributed by atoms with E-state index >= 15 is 0 Å². The van der Waals surface area contributed by atoms with E-state index in [4.69, 9.17) is 13.1 Å². The van der Waals surface area contributed by atoms with Gasteiger partial charge in [-0.1, -0.05) is 6.07 Å². The normalized spacial score (nSPS) is 11.2. The highest BCUT2D eigenvalue weighted by molar-refractivity contribution is 7.87. The molecule has 0 unspecified atom stereocenters. The van der Waals surface area contributed by atoms with Crippen LogP contribution in [0.1, 0.15) is 9.67 Å². The van der Waals surface area contributed by atoms with Gasteiger partial charge in [-0.05, 0) is 47.8 Å². The number of thiophene rings is 1. The van der Waals surface area contributed by atoms with Crippen molar-refractivity contribution < 1.29 is 58.5 Å². The number of aromatic nitrogens is 4. The molecular formula is C31H28N6O13S3. The van der Waals surface area contributed by atoms with Gasteiger partial charge in [0.1, 0.15) is 31.9 Å². The number of imidazole rings is 2. The number of nitrogens with zero attached hydrogens (tertiary/aromatic N) is 2. The highest BCUT2D eigenvalue weighted by Crippen LogP contribution is 2.29. The standard InChI is InChI=1S/C16H15N3O6S.C15H13N3O7S2/c1-23-10-4-3-5-12(8-10)26(21,22)25-11-6-7-13-14(9-11)18-15(17-13)19-16(20)24-2;1-23-13(19)12-11(5-6-26-12)27(21,22)25-8-3-4-9-10(7-8)17-14(16-9)18-15(20)24-2/h3-9H,1-2H3,(H2,17,18,19,20);3-7H,1-2H3,(H2,16,17,18,20). The maximum absolute atomic E-state index is 12.5. The molecule has 0 saturated heterocycles. The molecule has 3 aromatic carbocycles. The third-order valence-corrected chi connectivity index (χ3v) is 10.3. The van der Waals surface area contributed by atoms with E-state index in [0.29, 0.717) is 27.8 Å². The second-order valence-corrected chi connectivity index (χ2v) is 14.1. The number of ether oxygens (including phenoxy) is 4. The lowest BCUT2D eigenvalue weighted by Gasteiger charge is -2.08. The summed E-state index contributed by atoms with van der Waals surface area (Å²) in [6, 6.07) is 16.0. The zero-order valence-corrected chi connectivity index (χ0v) is 30.3. The Labute approximate surface area is 304 Å². The summed E-state index contributed by atoms with van der Waals surface area (Å²) in [6.45, 7) is 0. The van der Waals surface area contributed by atoms with E-state index in [-0.39, 0.29) is 38.1 Å². The number of methoxy groups -OCH3 is 4. The number of benzene rings is 3. The van der Waals surface area contributed by atoms with Crippen LogP contribution in [0.3, 0.4) is 0 Å². The monoisotopic (exact) mass is 788 g/mol. The summed E-state index contributed by atoms with van der Waals surface area (Å²) in [5, 5.41) is 6.20. The third kappa shape index (κ3) is 9.10. The van der Waals surface area contributed by atoms with Crippen LogP contribution in [0, 0.1) is 0 Å². The fraction of sp³-hybridized carbons (Fsp3) is 0.129. The van der Waals surface area contributed by atoms with Crippen molar-refractivity contribution >= 4 is 83.7 Å². The first-order valence-electron chi connectivity index (χ1n) is 14.6. The molecule has 278 valence electrons. The van der Waals surface area contributed by atoms with E-state index in [1.165, 1.54) is 75.2 Å². The molecule has 0 aliphatic heterocycles. The summed E-state index contributed by atoms with van der Waals surface area (Å²) in [5.41, 5.74) is 1.89. The van der Waals surface area contributed by atoms with Crippen molar-refractivity contribution in [3.05, 3.63) is 77.0 Å². The van der Waals surface area contributed by atoms with Crippen molar-refractivity contribution in [3.8, 4) is 17.2 Å². The van der Waals surface area contributed by atoms with Crippen molar-refractivity contribution in [1.82, 2.24) is 19.9 Å². The van der Waals surface area contributed by atoms with E-state index in [1.54, 1.807) is 18.2 Å². The van der Waals surface area contributed by atoms with Crippen LogP contribution in [0.4, 0.5) is 21.5 Å². The number of amides is 2. The maximum atomic E-state index is 12.5. The van der Waals surface area contributed by atoms with Gasteiger partial charge < -0.3 is 37.3 Å². The van der Waals surface area contributed by atoms with Crippen LogP contribution in [-0.2, 0) is 34.4 Å². The molecule has 3 aromatic heterocycles. The Kier molecular flexibility index (Phi) is 11.3. The zero-order chi connectivity index (χ0) is 38.3. The first-order valence-corrected chi connectivity index (χ1v) is 18.3. The lowest BCUT2D eigenvalue weighted by atomic mass is 10.3. The number of aromatic amines is 2. The summed E-state index contributed by atoms with van der Waals surface area (Å²) >= 11 is 0.931. The van der Waals surface area contributed by atoms with Crippen LogP contribution in [0.2, 0.25) is 0 Å². The van der Waals surface area contributed by atoms with Crippen molar-refractivity contribution in [2.24, 2.45) is 0 Å². The fourth-order valence-corrected chi connectivity index (χ4v) is 7.53. The number of nitrogens with one attached hydrogen (secondary N) is 4. The van der Waals surface area contributed by atoms with Gasteiger partial charge in [-0.15, -0.1) is 11.3 Å². The first kappa shape index (κ1) is 37.9. The molecule has 22 heteroatoms. The molecule has 3 heterocycles. The van der Waals surface area contributed by atoms with Crippen molar-refractivity contribution in [2.45, 2.75) is 9.79 Å². The van der Waals surface area contributed by atoms with Gasteiger partial charge in [-0.25, -0.2) is 24.4 Å². The van der Waals surface area contributed by atoms with Crippen LogP contribution in [0.5, 0.6) is 17.2 Å². The minimum atomic E-state index is -4.26. The number of hydrogen-bond donors (Lipinski definition) is 4. The van der Waals surface area contributed by atoms with E-state index in [2.05, 4.69) is 44.8 Å². The Morgan fingerprint density at radius 1 is 0.660 bits per heavy atom. The molecule has 0 bridgehead atoms. The second-order valence-electron chi connectivity index (χ2n) is 10.1. The predicted octanol–water partition coefficient (Wildman–Crippen LogP) is 4.87. The quantitative estimate of drug-likeness (QED) is 0.0820. The Bertz CT molecular complexity index is 2530. The third-order valence-electron chi connectivity index (χ3n) is 6.73. The summed E-state index contributed by atoms with van der Waals surface area (Å²) in [7, 11) is -3.25. The molecule has 2 amide bonds. The van der Waals surface area contributed by atoms with Gasteiger partial charge in [0.05, 0.1) is 50.5 Å². The van der Waals surface area contributed by atoms with Crippen molar-refractivity contribution in [3.63, 3.8) is 0 Å². The van der Waals surface area contributed by atoms with Crippen LogP contribution in [0.25, 0.3) is 22.1 Å². The number of carbonyl (C=O) groups is 3. The molecule has 0 atom stereocenters. The number of fused-ring (bicyclic) bond motifs is 2. The van der Waals surface area contributed by atoms with Gasteiger partial charge in [0, 0.05) is 18.2 Å². The van der Waals surface area contributed by atoms with Gasteiger partial charge in [0.25, 0.3) is 0 Å². The van der Waals surface area contributed by atoms with Crippen LogP contribution in [-0.4, -0.2) is 83.4 Å². The first-order chi connectivity index (χ1) is 25.2. The van der Waals surface area contributed by atoms with Gasteiger partial charge in [-0.2, -0.15) is 16.8 Å². The smallest absolute Gasteiger partial charge is 0.413 e. The summed E-state index contributed by atoms with van der Waals surface area (Å²) in [6.07, 6.45) is -1.39. The minimum absolute atomic E-state index is 0.00205. The van der Waals surface area contributed by atoms with Crippen molar-refractivity contribution in [2.75, 3.05) is 39.1 Å². The van der Waals surface area contributed by atoms with E-state index < -0.39 is 38.4 Å². The number of carbonyl (C=O) groups excluding carboxylic acids is 3. The molecule has 0 radical (unpaired) electrons. The highest BCUT2D eigenvalue weighted by atomic mass is 32.2. The Hall–Kier alpha value is -6.39. The Morgan fingerprint density at radius 3 is 1.72 bits per heavy atom. The van der Waals surface area contributed by atoms with Gasteiger partial charge in [-0.3, -0.25) is 10.6 Å². The number of H-pyrrole nitrogens is 2. The van der Waals surface area contributed by atoms with Crippen LogP contribution in [0.15, 0.2) is 81.9 Å². The van der Waals surface area contributed by atoms with Gasteiger partial charge in [0.2, 0.25) is 11.9 Å². The number of hydrogen-bond acceptors (Lipinski definition) is 16. The fourth-order valence-electron chi connectivity index (χ4n) is 4.33. The number of anilines is 2. The molecule has 0 saturated carbocycles. The lowest BCUT2D eigenvalue weighted by Crippen LogP contribution is -2.13. The highest BCUT2D eigenvalue weighted by Gasteiger charge is 2.27. The topological polar surface area (TPSA) is 256 Å². The predicted molar refractivity (Wildman–Crippen MR) is 189 cm³/mol. The van der Waals surface area contributed by atoms with E-state index in [1.807, 2.05) is 0 Å². The molecule has 4 N–H and O–H groups in total. The molecule has 0 fully saturated rings. The molecule has 19 nitrogen and oxygen atoms in total. The Morgan fingerprint density at radius 2 is 1.21 bits per heavy atom. The minimum Gasteiger partial charge on any atom is -0.497 e. The maximum Gasteiger partial charge on any atom is 0.413 e. The average Bonchev–Trinajstić information content (AvgIpc) is 3.89. The van der Waals surface area contributed by atoms with Gasteiger partial charge in [0.15, 0.2) is 0 Å². The molecule has 53 heavy (non-hydrogen) atoms. The molecule has 0 spiro atoms. The molecule has 0 aliphatic carbocycles. The molecular weight excluding hydrogens is 761 g/mol. The summed E-state index contributed by atoms with van der Waals surface area (Å²) in [5.74, 6) is 0.0145. The second kappa shape index (κ2) is 15.9.